The van der Waals surface area contributed by atoms with Crippen LogP contribution in [-0.2, 0) is 4.79 Å². The Morgan fingerprint density at radius 2 is 1.27 bits per heavy atom. The number of methoxy groups -OCH3 is 4. The Morgan fingerprint density at radius 3 is 1.87 bits per heavy atom. The molecule has 2 aliphatic heterocycles. The van der Waals surface area contributed by atoms with Crippen LogP contribution in [0, 0.1) is 0 Å². The number of fused-ring (bicyclic) bond motifs is 1. The molecule has 0 bridgehead atoms. The molecule has 1 aromatic heterocycles. The van der Waals surface area contributed by atoms with Crippen LogP contribution in [0.1, 0.15) is 81.9 Å². The summed E-state index contributed by atoms with van der Waals surface area (Å²) in [5.41, 5.74) is 4.66. The maximum Gasteiger partial charge on any atom is 0.240 e. The van der Waals surface area contributed by atoms with Gasteiger partial charge in [-0.05, 0) is 105 Å². The highest BCUT2D eigenvalue weighted by molar-refractivity contribution is 7.21. The van der Waals surface area contributed by atoms with Crippen molar-refractivity contribution >= 4 is 33.2 Å². The molecule has 1 saturated heterocycles. The number of unbranched alkanes of at least 4 members (excludes halogenated alkanes) is 6. The van der Waals surface area contributed by atoms with E-state index < -0.39 is 0 Å². The van der Waals surface area contributed by atoms with Gasteiger partial charge in [-0.3, -0.25) is 4.79 Å². The average molecular weight is 878 g/mol. The number of para-hydroxylation sites is 1. The van der Waals surface area contributed by atoms with Crippen LogP contribution in [0.4, 0.5) is 0 Å². The van der Waals surface area contributed by atoms with E-state index in [1.54, 1.807) is 39.8 Å². The van der Waals surface area contributed by atoms with Crippen LogP contribution in [0.15, 0.2) is 84.0 Å². The molecule has 1 atom stereocenters. The van der Waals surface area contributed by atoms with Crippen molar-refractivity contribution in [3.05, 3.63) is 90.0 Å². The van der Waals surface area contributed by atoms with Crippen LogP contribution in [0.2, 0.25) is 0 Å². The van der Waals surface area contributed by atoms with Crippen molar-refractivity contribution in [3.63, 3.8) is 0 Å². The molecule has 1 fully saturated rings. The van der Waals surface area contributed by atoms with Gasteiger partial charge >= 0.3 is 0 Å². The predicted molar refractivity (Wildman–Crippen MR) is 251 cm³/mol. The Labute approximate surface area is 376 Å². The molecule has 0 N–H and O–H groups in total. The summed E-state index contributed by atoms with van der Waals surface area (Å²) in [6.45, 7) is 9.87. The van der Waals surface area contributed by atoms with Gasteiger partial charge in [0.15, 0.2) is 23.0 Å². The van der Waals surface area contributed by atoms with E-state index in [0.29, 0.717) is 41.8 Å². The summed E-state index contributed by atoms with van der Waals surface area (Å²) >= 11 is 1.73. The molecule has 1 unspecified atom stereocenters. The first-order valence-electron chi connectivity index (χ1n) is 22.4. The number of aromatic nitrogens is 1. The fraction of sp³-hybridized carbons (Fsp3) is 0.460. The van der Waals surface area contributed by atoms with Crippen molar-refractivity contribution in [1.29, 1.82) is 0 Å². The number of rotatable bonds is 23. The summed E-state index contributed by atoms with van der Waals surface area (Å²) in [6.07, 6.45) is 9.74. The van der Waals surface area contributed by atoms with Gasteiger partial charge in [0.05, 0.1) is 63.6 Å². The zero-order valence-corrected chi connectivity index (χ0v) is 38.4. The normalized spacial score (nSPS) is 15.7. The van der Waals surface area contributed by atoms with Gasteiger partial charge in [0, 0.05) is 50.7 Å². The third kappa shape index (κ3) is 12.0. The standard InChI is InChI=1S/C50H63N5O7S/c1-36(56)55-43(35-42(52-55)39-33-46(58-3)49(60-5)47(34-39)59-4)38-20-23-44(57-2)45(32-38)62-31-15-9-7-13-25-54-28-26-53(27-29-54)24-12-6-8-14-30-61-40-21-18-37(19-22-40)50-51-41-16-10-11-17-48(41)63-50/h10-11,16-23,32-34,43H,6-9,12-15,24-31,35H2,1-5H3. The smallest absolute Gasteiger partial charge is 0.240 e. The van der Waals surface area contributed by atoms with Gasteiger partial charge < -0.3 is 38.2 Å². The third-order valence-electron chi connectivity index (χ3n) is 11.9. The first kappa shape index (κ1) is 45.6. The molecule has 7 rings (SSSR count). The number of amides is 1. The van der Waals surface area contributed by atoms with Crippen molar-refractivity contribution in [2.45, 2.75) is 70.8 Å². The van der Waals surface area contributed by atoms with E-state index in [1.807, 2.05) is 36.4 Å². The maximum absolute atomic E-state index is 12.8. The van der Waals surface area contributed by atoms with Crippen LogP contribution >= 0.6 is 11.3 Å². The second-order valence-electron chi connectivity index (χ2n) is 16.2. The lowest BCUT2D eigenvalue weighted by Crippen LogP contribution is -2.46. The molecular formula is C50H63N5O7S. The molecule has 4 aromatic carbocycles. The van der Waals surface area contributed by atoms with E-state index in [1.165, 1.54) is 55.3 Å². The highest BCUT2D eigenvalue weighted by Gasteiger charge is 2.33. The van der Waals surface area contributed by atoms with E-state index in [4.69, 9.17) is 38.5 Å². The van der Waals surface area contributed by atoms with Crippen LogP contribution in [0.25, 0.3) is 20.8 Å². The Kier molecular flexibility index (Phi) is 16.5. The zero-order valence-electron chi connectivity index (χ0n) is 37.6. The van der Waals surface area contributed by atoms with E-state index >= 15 is 0 Å². The molecule has 1 amide bonds. The Bertz CT molecular complexity index is 2220. The predicted octanol–water partition coefficient (Wildman–Crippen LogP) is 9.89. The summed E-state index contributed by atoms with van der Waals surface area (Å²) in [4.78, 5) is 22.8. The van der Waals surface area contributed by atoms with Crippen LogP contribution in [0.5, 0.6) is 34.5 Å². The molecule has 0 aliphatic carbocycles. The van der Waals surface area contributed by atoms with E-state index in [-0.39, 0.29) is 11.9 Å². The molecule has 2 aliphatic rings. The molecule has 0 saturated carbocycles. The number of thiazole rings is 1. The summed E-state index contributed by atoms with van der Waals surface area (Å²) in [5.74, 6) is 3.69. The van der Waals surface area contributed by atoms with Gasteiger partial charge in [-0.1, -0.05) is 43.9 Å². The highest BCUT2D eigenvalue weighted by Crippen LogP contribution is 2.42. The maximum atomic E-state index is 12.8. The number of ether oxygens (including phenoxy) is 6. The van der Waals surface area contributed by atoms with Crippen LogP contribution in [-0.4, -0.2) is 112 Å². The van der Waals surface area contributed by atoms with Crippen LogP contribution in [0.3, 0.4) is 0 Å². The number of hydrogen-bond acceptors (Lipinski definition) is 12. The number of benzene rings is 4. The first-order valence-corrected chi connectivity index (χ1v) is 23.2. The first-order chi connectivity index (χ1) is 30.9. The fourth-order valence-corrected chi connectivity index (χ4v) is 9.35. The summed E-state index contributed by atoms with van der Waals surface area (Å²) in [7, 11) is 6.39. The largest absolute Gasteiger partial charge is 0.494 e. The Balaban J connectivity index is 0.746. The molecule has 12 nitrogen and oxygen atoms in total. The van der Waals surface area contributed by atoms with Gasteiger partial charge in [0.25, 0.3) is 0 Å². The number of carbonyl (C=O) groups excluding carboxylic acids is 1. The average Bonchev–Trinajstić information content (AvgIpc) is 3.97. The number of piperazine rings is 1. The number of hydrazone groups is 1. The number of carbonyl (C=O) groups is 1. The Morgan fingerprint density at radius 1 is 0.651 bits per heavy atom. The molecule has 13 heteroatoms. The summed E-state index contributed by atoms with van der Waals surface area (Å²) in [5, 5.41) is 7.33. The third-order valence-corrected chi connectivity index (χ3v) is 13.0. The van der Waals surface area contributed by atoms with Gasteiger partial charge in [0.2, 0.25) is 11.7 Å². The number of nitrogens with zero attached hydrogens (tertiary/aromatic N) is 5. The van der Waals surface area contributed by atoms with Crippen molar-refractivity contribution in [3.8, 4) is 45.1 Å². The molecule has 0 spiro atoms. The highest BCUT2D eigenvalue weighted by atomic mass is 32.1. The van der Waals surface area contributed by atoms with E-state index in [9.17, 15) is 4.79 Å². The van der Waals surface area contributed by atoms with Gasteiger partial charge in [-0.25, -0.2) is 9.99 Å². The van der Waals surface area contributed by atoms with Gasteiger partial charge in [-0.2, -0.15) is 5.10 Å². The minimum atomic E-state index is -0.296. The minimum absolute atomic E-state index is 0.146. The second-order valence-corrected chi connectivity index (χ2v) is 17.2. The minimum Gasteiger partial charge on any atom is -0.494 e. The molecule has 336 valence electrons. The molecular weight excluding hydrogens is 815 g/mol. The SMILES string of the molecule is COc1ccc(C2CC(c3cc(OC)c(OC)c(OC)c3)=NN2C(C)=O)cc1OCCCCCCN1CCN(CCCCCCOc2ccc(-c3nc4ccccc4s3)cc2)CC1. The second kappa shape index (κ2) is 22.8. The topological polar surface area (TPSA) is 107 Å². The lowest BCUT2D eigenvalue weighted by atomic mass is 9.97. The molecule has 63 heavy (non-hydrogen) atoms. The lowest BCUT2D eigenvalue weighted by molar-refractivity contribution is -0.130. The van der Waals surface area contributed by atoms with E-state index in [0.717, 1.165) is 97.3 Å². The number of hydrogen-bond donors (Lipinski definition) is 0. The van der Waals surface area contributed by atoms with Crippen molar-refractivity contribution in [1.82, 2.24) is 19.8 Å². The van der Waals surface area contributed by atoms with Crippen molar-refractivity contribution in [2.24, 2.45) is 5.10 Å². The summed E-state index contributed by atoms with van der Waals surface area (Å²) < 4.78 is 35.9. The summed E-state index contributed by atoms with van der Waals surface area (Å²) in [6, 6.07) is 25.9. The van der Waals surface area contributed by atoms with E-state index in [2.05, 4.69) is 52.3 Å². The van der Waals surface area contributed by atoms with Crippen molar-refractivity contribution < 1.29 is 33.2 Å². The fourth-order valence-electron chi connectivity index (χ4n) is 8.38. The van der Waals surface area contributed by atoms with Gasteiger partial charge in [0.1, 0.15) is 10.8 Å². The van der Waals surface area contributed by atoms with Gasteiger partial charge in [-0.15, -0.1) is 11.3 Å². The molecule has 0 radical (unpaired) electrons. The van der Waals surface area contributed by atoms with Crippen LogP contribution < -0.4 is 28.4 Å². The quantitative estimate of drug-likeness (QED) is 0.0589. The van der Waals surface area contributed by atoms with Crippen molar-refractivity contribution in [2.75, 3.05) is 80.9 Å². The molecule has 5 aromatic rings. The lowest BCUT2D eigenvalue weighted by Gasteiger charge is -2.34. The molecule has 3 heterocycles. The Hall–Kier alpha value is -5.37. The monoisotopic (exact) mass is 877 g/mol. The zero-order chi connectivity index (χ0) is 44.0.